The molecule has 4 aromatic rings. The van der Waals surface area contributed by atoms with Gasteiger partial charge in [-0.25, -0.2) is 9.97 Å². The zero-order valence-electron chi connectivity index (χ0n) is 14.1. The number of amides is 1. The Morgan fingerprint density at radius 2 is 1.79 bits per heavy atom. The lowest BCUT2D eigenvalue weighted by atomic mass is 10.1. The number of halogens is 3. The number of hydrogen-bond acceptors (Lipinski definition) is 5. The van der Waals surface area contributed by atoms with Crippen LogP contribution in [0.5, 0.6) is 0 Å². The summed E-state index contributed by atoms with van der Waals surface area (Å²) in [6.07, 6.45) is -3.07. The summed E-state index contributed by atoms with van der Waals surface area (Å²) in [6, 6.07) is 12.0. The second kappa shape index (κ2) is 7.01. The number of nitrogens with one attached hydrogen (secondary N) is 1. The van der Waals surface area contributed by atoms with Gasteiger partial charge in [0.1, 0.15) is 5.69 Å². The molecule has 1 amide bonds. The minimum absolute atomic E-state index is 0.120. The Bertz CT molecular complexity index is 1170. The third-order valence-electron chi connectivity index (χ3n) is 3.89. The first-order chi connectivity index (χ1) is 13.4. The van der Waals surface area contributed by atoms with Crippen LogP contribution in [0.2, 0.25) is 0 Å². The molecule has 1 N–H and O–H groups in total. The van der Waals surface area contributed by atoms with Crippen molar-refractivity contribution in [1.82, 2.24) is 15.0 Å². The maximum absolute atomic E-state index is 12.9. The first kappa shape index (κ1) is 18.1. The average Bonchev–Trinajstić information content (AvgIpc) is 3.15. The molecule has 5 nitrogen and oxygen atoms in total. The molecule has 2 aromatic heterocycles. The molecular formula is C19H11F3N4OS. The minimum Gasteiger partial charge on any atom is -0.296 e. The summed E-state index contributed by atoms with van der Waals surface area (Å²) in [7, 11) is 0. The lowest BCUT2D eigenvalue weighted by Crippen LogP contribution is -2.14. The predicted molar refractivity (Wildman–Crippen MR) is 100 cm³/mol. The van der Waals surface area contributed by atoms with Gasteiger partial charge in [0.05, 0.1) is 28.5 Å². The quantitative estimate of drug-likeness (QED) is 0.524. The molecule has 0 aliphatic carbocycles. The van der Waals surface area contributed by atoms with Crippen molar-refractivity contribution >= 4 is 33.4 Å². The summed E-state index contributed by atoms with van der Waals surface area (Å²) in [5.41, 5.74) is 1.27. The largest absolute Gasteiger partial charge is 0.416 e. The lowest BCUT2D eigenvalue weighted by Gasteiger charge is -2.07. The molecule has 28 heavy (non-hydrogen) atoms. The normalized spacial score (nSPS) is 11.5. The molecule has 4 rings (SSSR count). The van der Waals surface area contributed by atoms with Crippen LogP contribution in [0.3, 0.4) is 0 Å². The number of carbonyl (C=O) groups is 1. The Balaban J connectivity index is 1.55. The van der Waals surface area contributed by atoms with Gasteiger partial charge in [-0.15, -0.1) is 11.3 Å². The van der Waals surface area contributed by atoms with Crippen molar-refractivity contribution in [3.8, 4) is 11.3 Å². The van der Waals surface area contributed by atoms with Crippen LogP contribution in [0.25, 0.3) is 22.3 Å². The molecule has 0 atom stereocenters. The highest BCUT2D eigenvalue weighted by atomic mass is 32.1. The number of fused-ring (bicyclic) bond motifs is 1. The number of aromatic nitrogens is 3. The van der Waals surface area contributed by atoms with Gasteiger partial charge >= 0.3 is 6.18 Å². The van der Waals surface area contributed by atoms with E-state index in [0.29, 0.717) is 22.3 Å². The molecule has 0 fully saturated rings. The monoisotopic (exact) mass is 400 g/mol. The summed E-state index contributed by atoms with van der Waals surface area (Å²) in [6.45, 7) is 0. The van der Waals surface area contributed by atoms with E-state index in [1.807, 2.05) is 6.07 Å². The van der Waals surface area contributed by atoms with Crippen molar-refractivity contribution < 1.29 is 18.0 Å². The smallest absolute Gasteiger partial charge is 0.296 e. The number of nitrogens with zero attached hydrogens (tertiary/aromatic N) is 3. The molecular weight excluding hydrogens is 389 g/mol. The van der Waals surface area contributed by atoms with Crippen LogP contribution in [-0.2, 0) is 6.18 Å². The third kappa shape index (κ3) is 3.70. The molecule has 0 saturated heterocycles. The third-order valence-corrected chi connectivity index (χ3v) is 4.65. The van der Waals surface area contributed by atoms with Crippen LogP contribution < -0.4 is 5.32 Å². The molecule has 140 valence electrons. The number of anilines is 1. The molecule has 0 radical (unpaired) electrons. The van der Waals surface area contributed by atoms with Crippen molar-refractivity contribution in [2.75, 3.05) is 5.32 Å². The molecule has 9 heteroatoms. The highest BCUT2D eigenvalue weighted by molar-refractivity contribution is 7.14. The Hall–Kier alpha value is -3.33. The minimum atomic E-state index is -4.43. The van der Waals surface area contributed by atoms with Crippen LogP contribution in [0, 0.1) is 0 Å². The fourth-order valence-corrected chi connectivity index (χ4v) is 3.26. The highest BCUT2D eigenvalue weighted by Gasteiger charge is 2.30. The van der Waals surface area contributed by atoms with E-state index >= 15 is 0 Å². The molecule has 0 bridgehead atoms. The van der Waals surface area contributed by atoms with E-state index in [4.69, 9.17) is 0 Å². The van der Waals surface area contributed by atoms with E-state index < -0.39 is 17.6 Å². The van der Waals surface area contributed by atoms with Crippen LogP contribution in [0.1, 0.15) is 16.1 Å². The van der Waals surface area contributed by atoms with E-state index in [0.717, 1.165) is 23.5 Å². The fourth-order valence-electron chi connectivity index (χ4n) is 2.55. The van der Waals surface area contributed by atoms with E-state index in [1.54, 1.807) is 23.6 Å². The molecule has 2 heterocycles. The number of alkyl halides is 3. The van der Waals surface area contributed by atoms with Crippen molar-refractivity contribution in [2.24, 2.45) is 0 Å². The van der Waals surface area contributed by atoms with Gasteiger partial charge in [0.15, 0.2) is 5.13 Å². The zero-order chi connectivity index (χ0) is 19.7. The van der Waals surface area contributed by atoms with Crippen LogP contribution in [-0.4, -0.2) is 20.9 Å². The Kier molecular flexibility index (Phi) is 4.52. The van der Waals surface area contributed by atoms with Gasteiger partial charge in [-0.2, -0.15) is 13.2 Å². The molecule has 0 unspecified atom stereocenters. The second-order valence-electron chi connectivity index (χ2n) is 5.81. The summed E-state index contributed by atoms with van der Waals surface area (Å²) >= 11 is 1.11. The Morgan fingerprint density at radius 3 is 2.57 bits per heavy atom. The fraction of sp³-hybridized carbons (Fsp3) is 0.0526. The summed E-state index contributed by atoms with van der Waals surface area (Å²) in [4.78, 5) is 25.0. The Labute approximate surface area is 160 Å². The van der Waals surface area contributed by atoms with Gasteiger partial charge in [0, 0.05) is 10.9 Å². The number of benzene rings is 2. The van der Waals surface area contributed by atoms with Gasteiger partial charge in [-0.3, -0.25) is 15.1 Å². The molecule has 2 aromatic carbocycles. The summed E-state index contributed by atoms with van der Waals surface area (Å²) in [5, 5.41) is 4.44. The van der Waals surface area contributed by atoms with Gasteiger partial charge in [0.2, 0.25) is 0 Å². The maximum Gasteiger partial charge on any atom is 0.416 e. The number of hydrogen-bond donors (Lipinski definition) is 1. The van der Waals surface area contributed by atoms with Gasteiger partial charge < -0.3 is 0 Å². The number of para-hydroxylation sites is 2. The number of thiazole rings is 1. The van der Waals surface area contributed by atoms with Crippen molar-refractivity contribution in [2.45, 2.75) is 6.18 Å². The second-order valence-corrected chi connectivity index (χ2v) is 6.67. The average molecular weight is 400 g/mol. The van der Waals surface area contributed by atoms with Crippen LogP contribution in [0.15, 0.2) is 60.1 Å². The van der Waals surface area contributed by atoms with Gasteiger partial charge in [0.25, 0.3) is 5.91 Å². The van der Waals surface area contributed by atoms with Crippen molar-refractivity contribution in [3.63, 3.8) is 0 Å². The molecule has 0 saturated carbocycles. The van der Waals surface area contributed by atoms with E-state index in [-0.39, 0.29) is 10.8 Å². The highest BCUT2D eigenvalue weighted by Crippen LogP contribution is 2.33. The first-order valence-corrected chi connectivity index (χ1v) is 8.94. The molecule has 0 spiro atoms. The predicted octanol–water partition coefficient (Wildman–Crippen LogP) is 5.02. The maximum atomic E-state index is 12.9. The standard InChI is InChI=1S/C19H11F3N4OS/c20-19(21,22)12-5-3-4-11(8-12)16-10-28-18(25-16)26-17(27)15-9-23-13-6-1-2-7-14(13)24-15/h1-10H,(H,25,26,27). The molecule has 0 aliphatic rings. The molecule has 0 aliphatic heterocycles. The van der Waals surface area contributed by atoms with E-state index in [1.165, 1.54) is 18.3 Å². The number of carbonyl (C=O) groups excluding carboxylic acids is 1. The topological polar surface area (TPSA) is 67.8 Å². The summed E-state index contributed by atoms with van der Waals surface area (Å²) in [5.74, 6) is -0.497. The zero-order valence-corrected chi connectivity index (χ0v) is 14.9. The first-order valence-electron chi connectivity index (χ1n) is 8.06. The summed E-state index contributed by atoms with van der Waals surface area (Å²) < 4.78 is 38.6. The number of rotatable bonds is 3. The lowest BCUT2D eigenvalue weighted by molar-refractivity contribution is -0.137. The van der Waals surface area contributed by atoms with Crippen LogP contribution in [0.4, 0.5) is 18.3 Å². The van der Waals surface area contributed by atoms with Crippen molar-refractivity contribution in [1.29, 1.82) is 0 Å². The van der Waals surface area contributed by atoms with Crippen molar-refractivity contribution in [3.05, 3.63) is 71.4 Å². The Morgan fingerprint density at radius 1 is 1.00 bits per heavy atom. The van der Waals surface area contributed by atoms with E-state index in [9.17, 15) is 18.0 Å². The van der Waals surface area contributed by atoms with Gasteiger partial charge in [-0.05, 0) is 24.3 Å². The van der Waals surface area contributed by atoms with Gasteiger partial charge in [-0.1, -0.05) is 24.3 Å². The van der Waals surface area contributed by atoms with E-state index in [2.05, 4.69) is 20.3 Å². The van der Waals surface area contributed by atoms with Crippen LogP contribution >= 0.6 is 11.3 Å². The SMILES string of the molecule is O=C(Nc1nc(-c2cccc(C(F)(F)F)c2)cs1)c1cnc2ccccc2n1.